The number of pyridine rings is 1. The summed E-state index contributed by atoms with van der Waals surface area (Å²) in [6.45, 7) is 5.28. The number of imidazole rings is 1. The Labute approximate surface area is 143 Å². The predicted molar refractivity (Wildman–Crippen MR) is 100 cm³/mol. The molecule has 3 aromatic rings. The van der Waals surface area contributed by atoms with Crippen molar-refractivity contribution in [2.45, 2.75) is 32.7 Å². The molecular weight excluding hydrogens is 296 g/mol. The van der Waals surface area contributed by atoms with Crippen LogP contribution in [0, 0.1) is 0 Å². The summed E-state index contributed by atoms with van der Waals surface area (Å²) in [7, 11) is 4.15. The van der Waals surface area contributed by atoms with Crippen molar-refractivity contribution in [2.24, 2.45) is 0 Å². The molecule has 3 rings (SSSR count). The van der Waals surface area contributed by atoms with E-state index in [1.165, 1.54) is 16.8 Å². The Morgan fingerprint density at radius 2 is 1.79 bits per heavy atom. The van der Waals surface area contributed by atoms with Crippen molar-refractivity contribution in [3.8, 4) is 0 Å². The van der Waals surface area contributed by atoms with Crippen LogP contribution in [0.15, 0.2) is 42.6 Å². The van der Waals surface area contributed by atoms with Gasteiger partial charge in [0.15, 0.2) is 0 Å². The number of hydrogen-bond acceptors (Lipinski definition) is 3. The third-order valence-corrected chi connectivity index (χ3v) is 4.31. The molecule has 0 unspecified atom stereocenters. The monoisotopic (exact) mass is 322 g/mol. The zero-order chi connectivity index (χ0) is 17.3. The highest BCUT2D eigenvalue weighted by molar-refractivity contribution is 5.51. The molecular formula is C20H26N4. The van der Waals surface area contributed by atoms with Crippen LogP contribution in [0.25, 0.3) is 5.65 Å². The largest absolute Gasteiger partial charge is 0.398 e. The van der Waals surface area contributed by atoms with Crippen molar-refractivity contribution in [2.75, 3.05) is 19.8 Å². The van der Waals surface area contributed by atoms with Crippen molar-refractivity contribution in [1.29, 1.82) is 0 Å². The number of anilines is 1. The number of hydrogen-bond donors (Lipinski definition) is 1. The van der Waals surface area contributed by atoms with Crippen LogP contribution in [-0.4, -0.2) is 28.4 Å². The van der Waals surface area contributed by atoms with Crippen molar-refractivity contribution >= 4 is 11.3 Å². The molecule has 0 aliphatic rings. The van der Waals surface area contributed by atoms with Gasteiger partial charge in [-0.15, -0.1) is 0 Å². The standard InChI is InChI=1S/C20H26N4/c1-14(2)16-7-5-15(6-8-16)11-18-19(13-23(3)4)24-12-17(21)9-10-20(24)22-18/h5-10,12,14H,11,13,21H2,1-4H3. The molecule has 0 radical (unpaired) electrons. The first-order valence-electron chi connectivity index (χ1n) is 8.43. The van der Waals surface area contributed by atoms with Crippen LogP contribution in [0.1, 0.15) is 42.3 Å². The number of benzene rings is 1. The van der Waals surface area contributed by atoms with Gasteiger partial charge in [-0.1, -0.05) is 38.1 Å². The lowest BCUT2D eigenvalue weighted by Gasteiger charge is -2.12. The second-order valence-corrected chi connectivity index (χ2v) is 7.01. The summed E-state index contributed by atoms with van der Waals surface area (Å²) >= 11 is 0. The molecule has 4 nitrogen and oxygen atoms in total. The van der Waals surface area contributed by atoms with Gasteiger partial charge in [0.05, 0.1) is 11.4 Å². The highest BCUT2D eigenvalue weighted by atomic mass is 15.1. The van der Waals surface area contributed by atoms with Crippen LogP contribution in [-0.2, 0) is 13.0 Å². The van der Waals surface area contributed by atoms with E-state index >= 15 is 0 Å². The number of nitrogens with zero attached hydrogens (tertiary/aromatic N) is 3. The number of aromatic nitrogens is 2. The average molecular weight is 322 g/mol. The highest BCUT2D eigenvalue weighted by Gasteiger charge is 2.14. The lowest BCUT2D eigenvalue weighted by atomic mass is 10.00. The van der Waals surface area contributed by atoms with Gasteiger partial charge < -0.3 is 15.0 Å². The first-order chi connectivity index (χ1) is 11.4. The summed E-state index contributed by atoms with van der Waals surface area (Å²) in [4.78, 5) is 7.01. The molecule has 0 aliphatic carbocycles. The van der Waals surface area contributed by atoms with Gasteiger partial charge in [0, 0.05) is 24.8 Å². The van der Waals surface area contributed by atoms with Gasteiger partial charge in [-0.2, -0.15) is 0 Å². The third kappa shape index (κ3) is 3.44. The van der Waals surface area contributed by atoms with Gasteiger partial charge in [-0.3, -0.25) is 0 Å². The maximum absolute atomic E-state index is 5.97. The Kier molecular flexibility index (Phi) is 4.58. The molecule has 0 bridgehead atoms. The molecule has 0 fully saturated rings. The summed E-state index contributed by atoms with van der Waals surface area (Å²) in [5, 5.41) is 0. The van der Waals surface area contributed by atoms with Crippen molar-refractivity contribution in [1.82, 2.24) is 14.3 Å². The maximum atomic E-state index is 5.97. The minimum atomic E-state index is 0.557. The van der Waals surface area contributed by atoms with Gasteiger partial charge in [0.25, 0.3) is 0 Å². The zero-order valence-corrected chi connectivity index (χ0v) is 15.0. The van der Waals surface area contributed by atoms with Crippen molar-refractivity contribution in [3.63, 3.8) is 0 Å². The van der Waals surface area contributed by atoms with E-state index in [0.717, 1.165) is 30.0 Å². The molecule has 2 aromatic heterocycles. The first kappa shape index (κ1) is 16.5. The van der Waals surface area contributed by atoms with Crippen LogP contribution in [0.5, 0.6) is 0 Å². The van der Waals surface area contributed by atoms with Gasteiger partial charge in [-0.05, 0) is 43.3 Å². The maximum Gasteiger partial charge on any atom is 0.137 e. The summed E-state index contributed by atoms with van der Waals surface area (Å²) in [5.74, 6) is 0.557. The molecule has 2 heterocycles. The average Bonchev–Trinajstić information content (AvgIpc) is 2.84. The topological polar surface area (TPSA) is 46.6 Å². The van der Waals surface area contributed by atoms with E-state index in [1.54, 1.807) is 0 Å². The minimum Gasteiger partial charge on any atom is -0.398 e. The van der Waals surface area contributed by atoms with E-state index in [2.05, 4.69) is 61.5 Å². The van der Waals surface area contributed by atoms with E-state index in [-0.39, 0.29) is 0 Å². The molecule has 2 N–H and O–H groups in total. The van der Waals surface area contributed by atoms with Gasteiger partial charge in [-0.25, -0.2) is 4.98 Å². The lowest BCUT2D eigenvalue weighted by molar-refractivity contribution is 0.394. The molecule has 0 aliphatic heterocycles. The molecule has 24 heavy (non-hydrogen) atoms. The number of fused-ring (bicyclic) bond motifs is 1. The normalized spacial score (nSPS) is 11.8. The van der Waals surface area contributed by atoms with Crippen LogP contribution in [0.3, 0.4) is 0 Å². The zero-order valence-electron chi connectivity index (χ0n) is 15.0. The Bertz CT molecular complexity index is 829. The fourth-order valence-electron chi connectivity index (χ4n) is 2.98. The molecule has 4 heteroatoms. The molecule has 126 valence electrons. The van der Waals surface area contributed by atoms with E-state index in [0.29, 0.717) is 5.92 Å². The summed E-state index contributed by atoms with van der Waals surface area (Å²) in [6.07, 6.45) is 2.80. The summed E-state index contributed by atoms with van der Waals surface area (Å²) in [5.41, 5.74) is 12.7. The molecule has 0 spiro atoms. The Hall–Kier alpha value is -2.33. The van der Waals surface area contributed by atoms with Crippen LogP contribution >= 0.6 is 0 Å². The fourth-order valence-corrected chi connectivity index (χ4v) is 2.98. The van der Waals surface area contributed by atoms with Gasteiger partial charge in [0.1, 0.15) is 5.65 Å². The number of rotatable bonds is 5. The van der Waals surface area contributed by atoms with Gasteiger partial charge in [0.2, 0.25) is 0 Å². The van der Waals surface area contributed by atoms with Gasteiger partial charge >= 0.3 is 0 Å². The Morgan fingerprint density at radius 1 is 1.08 bits per heavy atom. The van der Waals surface area contributed by atoms with E-state index in [1.807, 2.05) is 18.3 Å². The van der Waals surface area contributed by atoms with Crippen molar-refractivity contribution in [3.05, 3.63) is 65.1 Å². The van der Waals surface area contributed by atoms with E-state index in [4.69, 9.17) is 10.7 Å². The Balaban J connectivity index is 1.98. The molecule has 1 aromatic carbocycles. The molecule has 0 saturated carbocycles. The van der Waals surface area contributed by atoms with E-state index in [9.17, 15) is 0 Å². The molecule has 0 atom stereocenters. The molecule has 0 saturated heterocycles. The fraction of sp³-hybridized carbons (Fsp3) is 0.350. The second-order valence-electron chi connectivity index (χ2n) is 7.01. The van der Waals surface area contributed by atoms with Crippen LogP contribution in [0.4, 0.5) is 5.69 Å². The van der Waals surface area contributed by atoms with E-state index < -0.39 is 0 Å². The highest BCUT2D eigenvalue weighted by Crippen LogP contribution is 2.21. The van der Waals surface area contributed by atoms with Crippen LogP contribution < -0.4 is 5.73 Å². The second kappa shape index (κ2) is 6.65. The molecule has 0 amide bonds. The van der Waals surface area contributed by atoms with Crippen LogP contribution in [0.2, 0.25) is 0 Å². The SMILES string of the molecule is CC(C)c1ccc(Cc2nc3ccc(N)cn3c2CN(C)C)cc1. The Morgan fingerprint density at radius 3 is 2.42 bits per heavy atom. The smallest absolute Gasteiger partial charge is 0.137 e. The number of nitrogen functional groups attached to an aromatic ring is 1. The summed E-state index contributed by atoms with van der Waals surface area (Å²) < 4.78 is 2.12. The third-order valence-electron chi connectivity index (χ3n) is 4.31. The minimum absolute atomic E-state index is 0.557. The summed E-state index contributed by atoms with van der Waals surface area (Å²) in [6, 6.07) is 12.8. The quantitative estimate of drug-likeness (QED) is 0.779. The predicted octanol–water partition coefficient (Wildman–Crippen LogP) is 3.69. The number of nitrogens with two attached hydrogens (primary N) is 1. The first-order valence-corrected chi connectivity index (χ1v) is 8.43. The van der Waals surface area contributed by atoms with Crippen molar-refractivity contribution < 1.29 is 0 Å². The lowest BCUT2D eigenvalue weighted by Crippen LogP contribution is -2.14.